The minimum Gasteiger partial charge on any atom is -0.335 e. The Labute approximate surface area is 112 Å². The SMILES string of the molecule is CCC1C(=O)NC(=O)CN1c1ccc(CNC)cn1. The molecule has 1 unspecified atom stereocenters. The monoisotopic (exact) mass is 262 g/mol. The molecule has 102 valence electrons. The molecule has 1 saturated heterocycles. The number of carbonyl (C=O) groups excluding carboxylic acids is 2. The van der Waals surface area contributed by atoms with E-state index in [1.165, 1.54) is 0 Å². The lowest BCUT2D eigenvalue weighted by atomic mass is 10.1. The summed E-state index contributed by atoms with van der Waals surface area (Å²) in [5, 5.41) is 5.40. The molecule has 1 aromatic rings. The van der Waals surface area contributed by atoms with Crippen molar-refractivity contribution in [2.45, 2.75) is 25.9 Å². The van der Waals surface area contributed by atoms with E-state index in [4.69, 9.17) is 0 Å². The molecule has 1 aliphatic heterocycles. The Hall–Kier alpha value is -1.95. The second kappa shape index (κ2) is 5.79. The van der Waals surface area contributed by atoms with Crippen LogP contribution in [-0.4, -0.2) is 36.4 Å². The van der Waals surface area contributed by atoms with Crippen LogP contribution in [0.2, 0.25) is 0 Å². The molecule has 6 heteroatoms. The van der Waals surface area contributed by atoms with Gasteiger partial charge in [-0.2, -0.15) is 0 Å². The number of nitrogens with one attached hydrogen (secondary N) is 2. The number of piperazine rings is 1. The van der Waals surface area contributed by atoms with E-state index in [1.807, 2.05) is 26.1 Å². The average Bonchev–Trinajstić information content (AvgIpc) is 2.39. The molecule has 0 aliphatic carbocycles. The molecule has 19 heavy (non-hydrogen) atoms. The first-order chi connectivity index (χ1) is 9.15. The summed E-state index contributed by atoms with van der Waals surface area (Å²) in [4.78, 5) is 29.4. The van der Waals surface area contributed by atoms with Crippen LogP contribution < -0.4 is 15.5 Å². The van der Waals surface area contributed by atoms with Gasteiger partial charge in [0.15, 0.2) is 0 Å². The van der Waals surface area contributed by atoms with Gasteiger partial charge in [0.2, 0.25) is 11.8 Å². The zero-order chi connectivity index (χ0) is 13.8. The van der Waals surface area contributed by atoms with Gasteiger partial charge < -0.3 is 10.2 Å². The number of nitrogens with zero attached hydrogens (tertiary/aromatic N) is 2. The Morgan fingerprint density at radius 1 is 1.47 bits per heavy atom. The van der Waals surface area contributed by atoms with Crippen LogP contribution in [0.15, 0.2) is 18.3 Å². The van der Waals surface area contributed by atoms with Crippen molar-refractivity contribution in [3.8, 4) is 0 Å². The van der Waals surface area contributed by atoms with Crippen molar-refractivity contribution < 1.29 is 9.59 Å². The van der Waals surface area contributed by atoms with E-state index in [0.717, 1.165) is 12.1 Å². The zero-order valence-electron chi connectivity index (χ0n) is 11.1. The van der Waals surface area contributed by atoms with Gasteiger partial charge in [0, 0.05) is 12.7 Å². The third kappa shape index (κ3) is 2.90. The molecule has 0 aromatic carbocycles. The molecule has 1 aromatic heterocycles. The van der Waals surface area contributed by atoms with E-state index in [-0.39, 0.29) is 24.4 Å². The Bertz CT molecular complexity index is 472. The summed E-state index contributed by atoms with van der Waals surface area (Å²) in [6, 6.07) is 3.46. The van der Waals surface area contributed by atoms with Gasteiger partial charge in [-0.15, -0.1) is 0 Å². The van der Waals surface area contributed by atoms with Crippen LogP contribution in [0.5, 0.6) is 0 Å². The lowest BCUT2D eigenvalue weighted by molar-refractivity contribution is -0.132. The summed E-state index contributed by atoms with van der Waals surface area (Å²) < 4.78 is 0. The number of imide groups is 1. The van der Waals surface area contributed by atoms with Crippen molar-refractivity contribution in [1.82, 2.24) is 15.6 Å². The van der Waals surface area contributed by atoms with E-state index >= 15 is 0 Å². The smallest absolute Gasteiger partial charge is 0.249 e. The molecule has 1 aliphatic rings. The highest BCUT2D eigenvalue weighted by Gasteiger charge is 2.33. The predicted octanol–water partition coefficient (Wildman–Crippen LogP) is 0.0424. The molecule has 0 bridgehead atoms. The molecule has 0 radical (unpaired) electrons. The fourth-order valence-electron chi connectivity index (χ4n) is 2.21. The molecule has 0 spiro atoms. The molecular weight excluding hydrogens is 244 g/mol. The third-order valence-corrected chi connectivity index (χ3v) is 3.13. The van der Waals surface area contributed by atoms with Gasteiger partial charge in [0.25, 0.3) is 0 Å². The molecule has 0 saturated carbocycles. The number of rotatable bonds is 4. The van der Waals surface area contributed by atoms with Gasteiger partial charge in [0.1, 0.15) is 11.9 Å². The Morgan fingerprint density at radius 2 is 2.26 bits per heavy atom. The van der Waals surface area contributed by atoms with Crippen molar-refractivity contribution in [1.29, 1.82) is 0 Å². The van der Waals surface area contributed by atoms with Gasteiger partial charge in [0.05, 0.1) is 6.54 Å². The van der Waals surface area contributed by atoms with Crippen LogP contribution in [0.4, 0.5) is 5.82 Å². The number of hydrogen-bond acceptors (Lipinski definition) is 5. The minimum absolute atomic E-state index is 0.169. The second-order valence-corrected chi connectivity index (χ2v) is 4.52. The van der Waals surface area contributed by atoms with E-state index < -0.39 is 0 Å². The normalized spacial score (nSPS) is 19.5. The van der Waals surface area contributed by atoms with Crippen LogP contribution in [-0.2, 0) is 16.1 Å². The number of carbonyl (C=O) groups is 2. The fraction of sp³-hybridized carbons (Fsp3) is 0.462. The summed E-state index contributed by atoms with van der Waals surface area (Å²) >= 11 is 0. The standard InChI is InChI=1S/C13H18N4O2/c1-3-10-13(19)16-12(18)8-17(10)11-5-4-9(6-14-2)7-15-11/h4-5,7,10,14H,3,6,8H2,1-2H3,(H,16,18,19). The third-order valence-electron chi connectivity index (χ3n) is 3.13. The van der Waals surface area contributed by atoms with E-state index in [1.54, 1.807) is 11.1 Å². The van der Waals surface area contributed by atoms with Crippen molar-refractivity contribution in [3.63, 3.8) is 0 Å². The van der Waals surface area contributed by atoms with Gasteiger partial charge >= 0.3 is 0 Å². The lowest BCUT2D eigenvalue weighted by Crippen LogP contribution is -2.58. The first kappa shape index (κ1) is 13.5. The molecule has 2 rings (SSSR count). The van der Waals surface area contributed by atoms with E-state index in [2.05, 4.69) is 15.6 Å². The average molecular weight is 262 g/mol. The fourth-order valence-corrected chi connectivity index (χ4v) is 2.21. The number of hydrogen-bond donors (Lipinski definition) is 2. The van der Waals surface area contributed by atoms with Crippen LogP contribution in [0.3, 0.4) is 0 Å². The Kier molecular flexibility index (Phi) is 4.11. The predicted molar refractivity (Wildman–Crippen MR) is 71.6 cm³/mol. The first-order valence-corrected chi connectivity index (χ1v) is 6.35. The molecular formula is C13H18N4O2. The number of pyridine rings is 1. The van der Waals surface area contributed by atoms with Crippen LogP contribution in [0.1, 0.15) is 18.9 Å². The summed E-state index contributed by atoms with van der Waals surface area (Å²) in [6.07, 6.45) is 2.40. The molecule has 1 atom stereocenters. The maximum absolute atomic E-state index is 11.8. The van der Waals surface area contributed by atoms with Crippen LogP contribution in [0.25, 0.3) is 0 Å². The maximum Gasteiger partial charge on any atom is 0.249 e. The number of anilines is 1. The molecule has 1 fully saturated rings. The highest BCUT2D eigenvalue weighted by atomic mass is 16.2. The Balaban J connectivity index is 2.22. The number of aromatic nitrogens is 1. The van der Waals surface area contributed by atoms with Gasteiger partial charge in [-0.1, -0.05) is 13.0 Å². The highest BCUT2D eigenvalue weighted by molar-refractivity contribution is 6.04. The van der Waals surface area contributed by atoms with Gasteiger partial charge in [-0.05, 0) is 25.1 Å². The number of amides is 2. The van der Waals surface area contributed by atoms with Crippen molar-refractivity contribution in [2.75, 3.05) is 18.5 Å². The van der Waals surface area contributed by atoms with E-state index in [0.29, 0.717) is 12.2 Å². The largest absolute Gasteiger partial charge is 0.335 e. The van der Waals surface area contributed by atoms with Crippen LogP contribution >= 0.6 is 0 Å². The summed E-state index contributed by atoms with van der Waals surface area (Å²) in [7, 11) is 1.87. The van der Waals surface area contributed by atoms with Crippen molar-refractivity contribution in [3.05, 3.63) is 23.9 Å². The molecule has 6 nitrogen and oxygen atoms in total. The van der Waals surface area contributed by atoms with Crippen LogP contribution in [0, 0.1) is 0 Å². The lowest BCUT2D eigenvalue weighted by Gasteiger charge is -2.34. The Morgan fingerprint density at radius 3 is 2.84 bits per heavy atom. The summed E-state index contributed by atoms with van der Waals surface area (Å²) in [5.41, 5.74) is 1.06. The van der Waals surface area contributed by atoms with Crippen molar-refractivity contribution in [2.24, 2.45) is 0 Å². The molecule has 2 N–H and O–H groups in total. The van der Waals surface area contributed by atoms with Gasteiger partial charge in [-0.25, -0.2) is 4.98 Å². The zero-order valence-corrected chi connectivity index (χ0v) is 11.1. The quantitative estimate of drug-likeness (QED) is 0.750. The molecule has 2 heterocycles. The maximum atomic E-state index is 11.8. The summed E-state index contributed by atoms with van der Waals surface area (Å²) in [5.74, 6) is 0.130. The second-order valence-electron chi connectivity index (χ2n) is 4.52. The summed E-state index contributed by atoms with van der Waals surface area (Å²) in [6.45, 7) is 2.83. The first-order valence-electron chi connectivity index (χ1n) is 6.35. The van der Waals surface area contributed by atoms with Crippen molar-refractivity contribution >= 4 is 17.6 Å². The highest BCUT2D eigenvalue weighted by Crippen LogP contribution is 2.18. The van der Waals surface area contributed by atoms with E-state index in [9.17, 15) is 9.59 Å². The molecule has 2 amide bonds. The minimum atomic E-state index is -0.333. The topological polar surface area (TPSA) is 74.3 Å². The van der Waals surface area contributed by atoms with Gasteiger partial charge in [-0.3, -0.25) is 14.9 Å².